The van der Waals surface area contributed by atoms with Gasteiger partial charge in [0, 0.05) is 10.9 Å². The van der Waals surface area contributed by atoms with Crippen LogP contribution in [-0.4, -0.2) is 13.4 Å². The largest absolute Gasteiger partial charge is 0.420 e. The molecule has 25 heavy (non-hydrogen) atoms. The Hall–Kier alpha value is -2.62. The van der Waals surface area contributed by atoms with E-state index in [9.17, 15) is 8.42 Å². The van der Waals surface area contributed by atoms with Gasteiger partial charge in [-0.3, -0.25) is 4.72 Å². The number of hydrogen-bond donors (Lipinski definition) is 3. The molecule has 2 heterocycles. The van der Waals surface area contributed by atoms with Crippen molar-refractivity contribution in [2.45, 2.75) is 11.1 Å². The zero-order valence-electron chi connectivity index (χ0n) is 13.4. The lowest BCUT2D eigenvalue weighted by Gasteiger charge is -2.06. The van der Waals surface area contributed by atoms with Gasteiger partial charge < -0.3 is 10.6 Å². The maximum atomic E-state index is 12.3. The molecule has 3 rings (SSSR count). The lowest BCUT2D eigenvalue weighted by Crippen LogP contribution is -2.13. The van der Waals surface area contributed by atoms with E-state index in [-0.39, 0.29) is 15.7 Å². The maximum absolute atomic E-state index is 12.3. The molecule has 1 aromatic carbocycles. The number of hydrogen-bond acceptors (Lipinski definition) is 7. The van der Waals surface area contributed by atoms with Crippen molar-refractivity contribution in [3.05, 3.63) is 61.0 Å². The molecule has 0 atom stereocenters. The highest BCUT2D eigenvalue weighted by molar-refractivity contribution is 7.94. The second-order valence-electron chi connectivity index (χ2n) is 4.76. The zero-order chi connectivity index (χ0) is 18.3. The van der Waals surface area contributed by atoms with Crippen molar-refractivity contribution in [3.63, 3.8) is 0 Å². The Labute approximate surface area is 149 Å². The predicted octanol–water partition coefficient (Wildman–Crippen LogP) is 3.09. The highest BCUT2D eigenvalue weighted by Gasteiger charge is 2.19. The van der Waals surface area contributed by atoms with Gasteiger partial charge in [-0.1, -0.05) is 24.3 Å². The van der Waals surface area contributed by atoms with Gasteiger partial charge in [-0.25, -0.2) is 13.4 Å². The van der Waals surface area contributed by atoms with Crippen molar-refractivity contribution in [2.24, 2.45) is 5.90 Å². The quantitative estimate of drug-likeness (QED) is 0.474. The normalized spacial score (nSPS) is 11.1. The van der Waals surface area contributed by atoms with E-state index in [0.29, 0.717) is 0 Å². The molecule has 2 aromatic heterocycles. The van der Waals surface area contributed by atoms with Crippen molar-refractivity contribution in [1.82, 2.24) is 4.98 Å². The Bertz CT molecular complexity index is 935. The summed E-state index contributed by atoms with van der Waals surface area (Å²) in [7, 11) is -3.67. The summed E-state index contributed by atoms with van der Waals surface area (Å²) < 4.78 is 28.2. The smallest absolute Gasteiger partial charge is 0.272 e. The van der Waals surface area contributed by atoms with Gasteiger partial charge in [0.15, 0.2) is 5.82 Å². The minimum atomic E-state index is -3.67. The fourth-order valence-electron chi connectivity index (χ4n) is 1.85. The first-order valence-corrected chi connectivity index (χ1v) is 9.46. The van der Waals surface area contributed by atoms with E-state index in [0.717, 1.165) is 10.1 Å². The Kier molecular flexibility index (Phi) is 6.34. The monoisotopic (exact) mass is 378 g/mol. The molecule has 0 bridgehead atoms. The second-order valence-corrected chi connectivity index (χ2v) is 7.75. The van der Waals surface area contributed by atoms with Crippen molar-refractivity contribution in [3.8, 4) is 0 Å². The van der Waals surface area contributed by atoms with Crippen LogP contribution in [-0.2, 0) is 14.9 Å². The van der Waals surface area contributed by atoms with E-state index >= 15 is 0 Å². The Balaban J connectivity index is 0.000000399. The molecule has 9 heteroatoms. The molecule has 0 aliphatic carbocycles. The first-order chi connectivity index (χ1) is 12.0. The van der Waals surface area contributed by atoms with Crippen LogP contribution in [0.25, 0.3) is 10.1 Å². The average molecular weight is 378 g/mol. The van der Waals surface area contributed by atoms with Crippen molar-refractivity contribution in [1.29, 1.82) is 0 Å². The summed E-state index contributed by atoms with van der Waals surface area (Å²) in [6.07, 6.45) is 4.60. The molecule has 0 spiro atoms. The van der Waals surface area contributed by atoms with E-state index in [1.165, 1.54) is 23.8 Å². The van der Waals surface area contributed by atoms with Gasteiger partial charge in [0.05, 0.1) is 5.69 Å². The van der Waals surface area contributed by atoms with Crippen LogP contribution >= 0.6 is 11.3 Å². The number of pyridine rings is 1. The summed E-state index contributed by atoms with van der Waals surface area (Å²) in [6.45, 7) is 1.83. The molecule has 0 amide bonds. The van der Waals surface area contributed by atoms with Crippen LogP contribution in [0.2, 0.25) is 0 Å². The number of nitrogens with one attached hydrogen (secondary N) is 1. The summed E-state index contributed by atoms with van der Waals surface area (Å²) in [4.78, 5) is 7.94. The number of rotatable bonds is 4. The number of benzene rings is 1. The third kappa shape index (κ3) is 4.92. The zero-order valence-corrected chi connectivity index (χ0v) is 15.0. The predicted molar refractivity (Wildman–Crippen MR) is 101 cm³/mol. The first kappa shape index (κ1) is 18.7. The molecule has 132 valence electrons. The molecule has 0 radical (unpaired) electrons. The van der Waals surface area contributed by atoms with E-state index < -0.39 is 10.0 Å². The third-order valence-electron chi connectivity index (χ3n) is 2.95. The lowest BCUT2D eigenvalue weighted by atomic mass is 10.3. The van der Waals surface area contributed by atoms with E-state index in [1.54, 1.807) is 24.3 Å². The van der Waals surface area contributed by atoms with E-state index in [1.807, 2.05) is 31.2 Å². The summed E-state index contributed by atoms with van der Waals surface area (Å²) in [5.41, 5.74) is 5.98. The molecule has 5 N–H and O–H groups in total. The number of sulfonamides is 1. The number of aromatic nitrogens is 1. The van der Waals surface area contributed by atoms with Crippen LogP contribution in [0.1, 0.15) is 6.92 Å². The van der Waals surface area contributed by atoms with Crippen LogP contribution < -0.4 is 16.4 Å². The molecule has 0 saturated heterocycles. The van der Waals surface area contributed by atoms with Gasteiger partial charge in [0.1, 0.15) is 10.5 Å². The van der Waals surface area contributed by atoms with Gasteiger partial charge >= 0.3 is 0 Å². The van der Waals surface area contributed by atoms with Crippen molar-refractivity contribution < 1.29 is 13.3 Å². The van der Waals surface area contributed by atoms with Crippen LogP contribution in [0.15, 0.2) is 65.2 Å². The van der Waals surface area contributed by atoms with Crippen LogP contribution in [0.4, 0.5) is 11.5 Å². The molecule has 0 aliphatic heterocycles. The first-order valence-electron chi connectivity index (χ1n) is 7.16. The summed E-state index contributed by atoms with van der Waals surface area (Å²) >= 11 is 1.21. The van der Waals surface area contributed by atoms with Gasteiger partial charge in [-0.2, -0.15) is 5.90 Å². The van der Waals surface area contributed by atoms with Crippen LogP contribution in [0.3, 0.4) is 0 Å². The average Bonchev–Trinajstić information content (AvgIpc) is 3.03. The summed E-state index contributed by atoms with van der Waals surface area (Å²) in [5, 5.41) is 0.895. The highest BCUT2D eigenvalue weighted by Crippen LogP contribution is 2.30. The molecule has 0 fully saturated rings. The number of nitrogen functional groups attached to an aromatic ring is 1. The summed E-state index contributed by atoms with van der Waals surface area (Å²) in [6, 6.07) is 12.4. The van der Waals surface area contributed by atoms with Gasteiger partial charge in [-0.05, 0) is 36.6 Å². The number of fused-ring (bicyclic) bond motifs is 1. The molecular weight excluding hydrogens is 360 g/mol. The van der Waals surface area contributed by atoms with E-state index in [4.69, 9.17) is 5.73 Å². The minimum Gasteiger partial charge on any atom is -0.420 e. The Morgan fingerprint density at radius 3 is 2.60 bits per heavy atom. The second kappa shape index (κ2) is 8.47. The van der Waals surface area contributed by atoms with Gasteiger partial charge in [-0.15, -0.1) is 11.3 Å². The minimum absolute atomic E-state index is 0.143. The topological polar surface area (TPSA) is 120 Å². The lowest BCUT2D eigenvalue weighted by molar-refractivity contribution is 0.260. The highest BCUT2D eigenvalue weighted by atomic mass is 32.2. The fraction of sp³-hybridized carbons (Fsp3) is 0.0625. The van der Waals surface area contributed by atoms with Crippen molar-refractivity contribution >= 4 is 43.0 Å². The molecular formula is C16H18N4O3S2. The number of anilines is 2. The third-order valence-corrected chi connectivity index (χ3v) is 5.88. The molecule has 0 saturated carbocycles. The molecule has 7 nitrogen and oxygen atoms in total. The van der Waals surface area contributed by atoms with Gasteiger partial charge in [0.25, 0.3) is 10.0 Å². The van der Waals surface area contributed by atoms with Crippen molar-refractivity contribution in [2.75, 3.05) is 10.5 Å². The number of allylic oxidation sites excluding steroid dienone is 1. The molecule has 0 aliphatic rings. The standard InChI is InChI=1S/C13H11N3O2S2.C3H7NO/c14-10-5-3-7-15-13(10)16-20(17,18)12-8-9-4-1-2-6-11(9)19-12;1-2-3-5-4/h1-8H,14H2,(H,15,16);2-3H,4H2,1H3/b;3-2-. The Morgan fingerprint density at radius 1 is 1.24 bits per heavy atom. The summed E-state index contributed by atoms with van der Waals surface area (Å²) in [5.74, 6) is 4.70. The van der Waals surface area contributed by atoms with Crippen LogP contribution in [0.5, 0.6) is 0 Å². The molecule has 3 aromatic rings. The fourth-order valence-corrected chi connectivity index (χ4v) is 4.28. The number of nitrogens with zero attached hydrogens (tertiary/aromatic N) is 1. The van der Waals surface area contributed by atoms with E-state index in [2.05, 4.69) is 20.4 Å². The maximum Gasteiger partial charge on any atom is 0.272 e. The number of nitrogens with two attached hydrogens (primary N) is 2. The number of thiophene rings is 1. The Morgan fingerprint density at radius 2 is 2.00 bits per heavy atom. The SMILES string of the molecule is C/C=C\ON.Nc1cccnc1NS(=O)(=O)c1cc2ccccc2s1. The van der Waals surface area contributed by atoms with Crippen LogP contribution in [0, 0.1) is 0 Å². The molecule has 0 unspecified atom stereocenters. The van der Waals surface area contributed by atoms with Gasteiger partial charge in [0.2, 0.25) is 0 Å².